The summed E-state index contributed by atoms with van der Waals surface area (Å²) in [7, 11) is 1.82. The van der Waals surface area contributed by atoms with Gasteiger partial charge >= 0.3 is 5.97 Å². The minimum atomic E-state index is -0.825. The van der Waals surface area contributed by atoms with Crippen molar-refractivity contribution >= 4 is 11.9 Å². The lowest BCUT2D eigenvalue weighted by molar-refractivity contribution is -0.138. The van der Waals surface area contributed by atoms with E-state index in [-0.39, 0.29) is 5.91 Å². The van der Waals surface area contributed by atoms with Crippen LogP contribution in [0.5, 0.6) is 0 Å². The Morgan fingerprint density at radius 2 is 1.37 bits per heavy atom. The molecule has 4 nitrogen and oxygen atoms in total. The van der Waals surface area contributed by atoms with Gasteiger partial charge in [-0.15, -0.1) is 0 Å². The molecule has 1 unspecified atom stereocenters. The lowest BCUT2D eigenvalue weighted by Crippen LogP contribution is -2.26. The zero-order chi connectivity index (χ0) is 21.3. The molecular formula is C26H27NO3. The fourth-order valence-corrected chi connectivity index (χ4v) is 3.50. The zero-order valence-electron chi connectivity index (χ0n) is 17.2. The first kappa shape index (κ1) is 21.3. The first-order chi connectivity index (χ1) is 14.5. The molecule has 0 heterocycles. The molecule has 3 rings (SSSR count). The smallest absolute Gasteiger partial charge is 0.311 e. The molecule has 154 valence electrons. The Kier molecular flexibility index (Phi) is 7.39. The lowest BCUT2D eigenvalue weighted by atomic mass is 9.92. The number of rotatable bonds is 9. The molecule has 0 saturated carbocycles. The molecule has 3 aromatic carbocycles. The largest absolute Gasteiger partial charge is 0.481 e. The summed E-state index contributed by atoms with van der Waals surface area (Å²) in [6, 6.07) is 27.2. The first-order valence-corrected chi connectivity index (χ1v) is 10.2. The van der Waals surface area contributed by atoms with Crippen LogP contribution in [0.4, 0.5) is 0 Å². The minimum Gasteiger partial charge on any atom is -0.481 e. The number of hydrogen-bond acceptors (Lipinski definition) is 2. The standard InChI is InChI=1S/C26H27NO3/c1-27(25(28)17-16-20-8-4-2-5-9-20)19-22-14-12-21(13-15-22)18-24(26(29)30)23-10-6-3-7-11-23/h2-15,24H,16-19H2,1H3,(H,29,30). The van der Waals surface area contributed by atoms with Crippen LogP contribution < -0.4 is 0 Å². The van der Waals surface area contributed by atoms with Crippen molar-refractivity contribution in [1.29, 1.82) is 0 Å². The normalized spacial score (nSPS) is 11.6. The summed E-state index contributed by atoms with van der Waals surface area (Å²) in [5.41, 5.74) is 3.96. The van der Waals surface area contributed by atoms with Crippen LogP contribution in [0.25, 0.3) is 0 Å². The van der Waals surface area contributed by atoms with Crippen LogP contribution in [0.3, 0.4) is 0 Å². The Labute approximate surface area is 177 Å². The van der Waals surface area contributed by atoms with E-state index in [2.05, 4.69) is 0 Å². The summed E-state index contributed by atoms with van der Waals surface area (Å²) in [6.45, 7) is 0.537. The second-order valence-corrected chi connectivity index (χ2v) is 7.56. The summed E-state index contributed by atoms with van der Waals surface area (Å²) < 4.78 is 0. The Balaban J connectivity index is 1.55. The first-order valence-electron chi connectivity index (χ1n) is 10.2. The number of carbonyl (C=O) groups is 2. The van der Waals surface area contributed by atoms with Crippen molar-refractivity contribution in [2.45, 2.75) is 31.7 Å². The molecule has 0 radical (unpaired) electrons. The Hall–Kier alpha value is -3.40. The second kappa shape index (κ2) is 10.4. The predicted octanol–water partition coefficient (Wildman–Crippen LogP) is 4.69. The van der Waals surface area contributed by atoms with Crippen molar-refractivity contribution in [3.05, 3.63) is 107 Å². The topological polar surface area (TPSA) is 57.6 Å². The zero-order valence-corrected chi connectivity index (χ0v) is 17.2. The molecule has 3 aromatic rings. The third-order valence-corrected chi connectivity index (χ3v) is 5.28. The number of aryl methyl sites for hydroxylation is 1. The SMILES string of the molecule is CN(Cc1ccc(CC(C(=O)O)c2ccccc2)cc1)C(=O)CCc1ccccc1. The van der Waals surface area contributed by atoms with Gasteiger partial charge in [-0.3, -0.25) is 9.59 Å². The average Bonchev–Trinajstić information content (AvgIpc) is 2.78. The summed E-state index contributed by atoms with van der Waals surface area (Å²) in [6.07, 6.45) is 1.65. The highest BCUT2D eigenvalue weighted by Gasteiger charge is 2.20. The molecule has 0 bridgehead atoms. The van der Waals surface area contributed by atoms with E-state index >= 15 is 0 Å². The van der Waals surface area contributed by atoms with E-state index in [1.807, 2.05) is 92.0 Å². The number of amides is 1. The molecule has 0 aliphatic rings. The van der Waals surface area contributed by atoms with Crippen LogP contribution in [0.2, 0.25) is 0 Å². The number of nitrogens with zero attached hydrogens (tertiary/aromatic N) is 1. The van der Waals surface area contributed by atoms with Gasteiger partial charge < -0.3 is 10.0 Å². The highest BCUT2D eigenvalue weighted by Crippen LogP contribution is 2.22. The van der Waals surface area contributed by atoms with Crippen LogP contribution in [0, 0.1) is 0 Å². The number of hydrogen-bond donors (Lipinski definition) is 1. The average molecular weight is 402 g/mol. The quantitative estimate of drug-likeness (QED) is 0.566. The van der Waals surface area contributed by atoms with E-state index in [0.717, 1.165) is 28.7 Å². The molecular weight excluding hydrogens is 374 g/mol. The van der Waals surface area contributed by atoms with Gasteiger partial charge in [-0.05, 0) is 35.1 Å². The van der Waals surface area contributed by atoms with E-state index < -0.39 is 11.9 Å². The van der Waals surface area contributed by atoms with E-state index in [1.165, 1.54) is 0 Å². The lowest BCUT2D eigenvalue weighted by Gasteiger charge is -2.18. The molecule has 0 aromatic heterocycles. The second-order valence-electron chi connectivity index (χ2n) is 7.56. The number of carboxylic acids is 1. The minimum absolute atomic E-state index is 0.109. The summed E-state index contributed by atoms with van der Waals surface area (Å²) >= 11 is 0. The van der Waals surface area contributed by atoms with Gasteiger partial charge in [0.05, 0.1) is 5.92 Å². The Morgan fingerprint density at radius 3 is 1.97 bits per heavy atom. The summed E-state index contributed by atoms with van der Waals surface area (Å²) in [5.74, 6) is -1.29. The van der Waals surface area contributed by atoms with Gasteiger partial charge in [-0.1, -0.05) is 84.9 Å². The highest BCUT2D eigenvalue weighted by molar-refractivity contribution is 5.77. The van der Waals surface area contributed by atoms with Gasteiger partial charge in [0.25, 0.3) is 0 Å². The van der Waals surface area contributed by atoms with Gasteiger partial charge in [0.1, 0.15) is 0 Å². The van der Waals surface area contributed by atoms with Gasteiger partial charge in [-0.25, -0.2) is 0 Å². The summed E-state index contributed by atoms with van der Waals surface area (Å²) in [5, 5.41) is 9.61. The molecule has 0 aliphatic heterocycles. The monoisotopic (exact) mass is 401 g/mol. The number of aliphatic carboxylic acids is 1. The van der Waals surface area contributed by atoms with Crippen molar-refractivity contribution in [1.82, 2.24) is 4.90 Å². The maximum atomic E-state index is 12.4. The van der Waals surface area contributed by atoms with Crippen molar-refractivity contribution < 1.29 is 14.7 Å². The maximum absolute atomic E-state index is 12.4. The van der Waals surface area contributed by atoms with E-state index in [1.54, 1.807) is 4.90 Å². The van der Waals surface area contributed by atoms with Gasteiger partial charge in [0.15, 0.2) is 0 Å². The van der Waals surface area contributed by atoms with Gasteiger partial charge in [0.2, 0.25) is 5.91 Å². The maximum Gasteiger partial charge on any atom is 0.311 e. The van der Waals surface area contributed by atoms with Crippen LogP contribution in [0.1, 0.15) is 34.6 Å². The molecule has 0 spiro atoms. The van der Waals surface area contributed by atoms with Crippen LogP contribution in [0.15, 0.2) is 84.9 Å². The third-order valence-electron chi connectivity index (χ3n) is 5.28. The molecule has 0 aliphatic carbocycles. The van der Waals surface area contributed by atoms with Crippen LogP contribution >= 0.6 is 0 Å². The van der Waals surface area contributed by atoms with Crippen molar-refractivity contribution in [3.63, 3.8) is 0 Å². The van der Waals surface area contributed by atoms with Gasteiger partial charge in [-0.2, -0.15) is 0 Å². The fraction of sp³-hybridized carbons (Fsp3) is 0.231. The molecule has 1 amide bonds. The van der Waals surface area contributed by atoms with E-state index in [9.17, 15) is 14.7 Å². The predicted molar refractivity (Wildman–Crippen MR) is 118 cm³/mol. The van der Waals surface area contributed by atoms with Crippen molar-refractivity contribution in [3.8, 4) is 0 Å². The molecule has 0 fully saturated rings. The molecule has 30 heavy (non-hydrogen) atoms. The van der Waals surface area contributed by atoms with Crippen LogP contribution in [-0.4, -0.2) is 28.9 Å². The van der Waals surface area contributed by atoms with Crippen molar-refractivity contribution in [2.75, 3.05) is 7.05 Å². The number of benzene rings is 3. The molecule has 1 N–H and O–H groups in total. The van der Waals surface area contributed by atoms with E-state index in [0.29, 0.717) is 19.4 Å². The van der Waals surface area contributed by atoms with Crippen molar-refractivity contribution in [2.24, 2.45) is 0 Å². The van der Waals surface area contributed by atoms with E-state index in [4.69, 9.17) is 0 Å². The van der Waals surface area contributed by atoms with Gasteiger partial charge in [0, 0.05) is 20.0 Å². The van der Waals surface area contributed by atoms with Crippen LogP contribution in [-0.2, 0) is 29.0 Å². The fourth-order valence-electron chi connectivity index (χ4n) is 3.50. The third kappa shape index (κ3) is 6.05. The highest BCUT2D eigenvalue weighted by atomic mass is 16.4. The number of carboxylic acid groups (broad SMARTS) is 1. The molecule has 4 heteroatoms. The molecule has 1 atom stereocenters. The summed E-state index contributed by atoms with van der Waals surface area (Å²) in [4.78, 5) is 25.9. The number of carbonyl (C=O) groups excluding carboxylic acids is 1. The Bertz CT molecular complexity index is 953. The molecule has 0 saturated heterocycles. The Morgan fingerprint density at radius 1 is 0.800 bits per heavy atom.